The molecule has 29 heavy (non-hydrogen) atoms. The van der Waals surface area contributed by atoms with Gasteiger partial charge >= 0.3 is 12.1 Å². The third kappa shape index (κ3) is 4.02. The summed E-state index contributed by atoms with van der Waals surface area (Å²) in [5.41, 5.74) is 6.28. The quantitative estimate of drug-likeness (QED) is 0.495. The number of rotatable bonds is 5. The van der Waals surface area contributed by atoms with Crippen LogP contribution in [0.2, 0.25) is 0 Å². The maximum Gasteiger partial charge on any atom is 0.417 e. The molecular formula is C19H15F3N4O2S. The van der Waals surface area contributed by atoms with E-state index in [1.165, 1.54) is 11.3 Å². The lowest BCUT2D eigenvalue weighted by Gasteiger charge is -2.10. The molecule has 1 aliphatic rings. The summed E-state index contributed by atoms with van der Waals surface area (Å²) in [4.78, 5) is 20.7. The first kappa shape index (κ1) is 19.2. The van der Waals surface area contributed by atoms with Gasteiger partial charge in [-0.3, -0.25) is 0 Å². The monoisotopic (exact) mass is 420 g/mol. The zero-order valence-electron chi connectivity index (χ0n) is 14.8. The summed E-state index contributed by atoms with van der Waals surface area (Å²) in [6.07, 6.45) is -2.02. The van der Waals surface area contributed by atoms with Crippen molar-refractivity contribution in [2.75, 3.05) is 11.1 Å². The van der Waals surface area contributed by atoms with Crippen molar-refractivity contribution in [2.45, 2.75) is 24.9 Å². The Balaban J connectivity index is 1.71. The molecule has 0 atom stereocenters. The fourth-order valence-electron chi connectivity index (χ4n) is 2.84. The second-order valence-corrected chi connectivity index (χ2v) is 7.71. The number of nitrogens with zero attached hydrogens (tertiary/aromatic N) is 2. The zero-order chi connectivity index (χ0) is 20.8. The van der Waals surface area contributed by atoms with Gasteiger partial charge in [-0.05, 0) is 37.0 Å². The van der Waals surface area contributed by atoms with Gasteiger partial charge in [0.15, 0.2) is 5.13 Å². The first-order valence-electron chi connectivity index (χ1n) is 8.66. The van der Waals surface area contributed by atoms with E-state index in [4.69, 9.17) is 5.73 Å². The van der Waals surface area contributed by atoms with Gasteiger partial charge in [0.05, 0.1) is 11.3 Å². The fraction of sp³-hybridized carbons (Fsp3) is 0.211. The van der Waals surface area contributed by atoms with E-state index < -0.39 is 23.3 Å². The number of anilines is 3. The third-order valence-electron chi connectivity index (χ3n) is 4.46. The fourth-order valence-corrected chi connectivity index (χ4v) is 3.99. The molecule has 4 N–H and O–H groups in total. The highest BCUT2D eigenvalue weighted by Gasteiger charge is 2.33. The molecule has 0 unspecified atom stereocenters. The van der Waals surface area contributed by atoms with Crippen LogP contribution >= 0.6 is 11.3 Å². The summed E-state index contributed by atoms with van der Waals surface area (Å²) in [6, 6.07) is 7.78. The Morgan fingerprint density at radius 3 is 2.52 bits per heavy atom. The van der Waals surface area contributed by atoms with Crippen LogP contribution in [0, 0.1) is 0 Å². The maximum absolute atomic E-state index is 12.9. The van der Waals surface area contributed by atoms with Crippen molar-refractivity contribution >= 4 is 33.9 Å². The van der Waals surface area contributed by atoms with Gasteiger partial charge in [-0.25, -0.2) is 14.8 Å². The van der Waals surface area contributed by atoms with Crippen molar-refractivity contribution in [1.29, 1.82) is 0 Å². The van der Waals surface area contributed by atoms with Crippen LogP contribution in [0.4, 0.5) is 29.8 Å². The minimum absolute atomic E-state index is 0.189. The number of carbonyl (C=O) groups is 1. The number of carboxylic acid groups (broad SMARTS) is 1. The molecule has 0 radical (unpaired) electrons. The number of hydrogen-bond donors (Lipinski definition) is 3. The molecule has 3 aromatic rings. The Kier molecular flexibility index (Phi) is 4.65. The van der Waals surface area contributed by atoms with Gasteiger partial charge in [0, 0.05) is 22.3 Å². The molecule has 4 rings (SSSR count). The molecule has 0 spiro atoms. The van der Waals surface area contributed by atoms with Crippen LogP contribution in [0.5, 0.6) is 0 Å². The summed E-state index contributed by atoms with van der Waals surface area (Å²) >= 11 is 1.35. The molecule has 0 saturated heterocycles. The first-order valence-corrected chi connectivity index (χ1v) is 9.48. The highest BCUT2D eigenvalue weighted by atomic mass is 32.1. The number of nitrogen functional groups attached to an aromatic ring is 1. The van der Waals surface area contributed by atoms with Gasteiger partial charge in [0.25, 0.3) is 0 Å². The number of hydrogen-bond acceptors (Lipinski definition) is 6. The molecule has 1 saturated carbocycles. The average molecular weight is 420 g/mol. The van der Waals surface area contributed by atoms with Gasteiger partial charge in [-0.2, -0.15) is 13.2 Å². The Bertz CT molecular complexity index is 1080. The number of halogens is 3. The van der Waals surface area contributed by atoms with E-state index in [1.54, 1.807) is 12.1 Å². The van der Waals surface area contributed by atoms with Crippen molar-refractivity contribution in [3.05, 3.63) is 52.5 Å². The number of aromatic nitrogens is 2. The number of carboxylic acids is 1. The van der Waals surface area contributed by atoms with E-state index in [9.17, 15) is 23.1 Å². The highest BCUT2D eigenvalue weighted by molar-refractivity contribution is 7.16. The first-order chi connectivity index (χ1) is 13.7. The van der Waals surface area contributed by atoms with Crippen molar-refractivity contribution < 1.29 is 23.1 Å². The summed E-state index contributed by atoms with van der Waals surface area (Å²) < 4.78 is 38.7. The summed E-state index contributed by atoms with van der Waals surface area (Å²) in [6.45, 7) is 0. The Labute approximate surface area is 167 Å². The predicted molar refractivity (Wildman–Crippen MR) is 103 cm³/mol. The minimum atomic E-state index is -4.68. The molecule has 10 heteroatoms. The second-order valence-electron chi connectivity index (χ2n) is 6.68. The van der Waals surface area contributed by atoms with Crippen molar-refractivity contribution in [3.63, 3.8) is 0 Å². The largest absolute Gasteiger partial charge is 0.478 e. The molecule has 0 amide bonds. The number of pyridine rings is 1. The smallest absolute Gasteiger partial charge is 0.417 e. The van der Waals surface area contributed by atoms with Gasteiger partial charge in [-0.15, -0.1) is 11.3 Å². The SMILES string of the molecule is Nc1ccc(-c2nc(Nc3ncc(C(F)(F)F)cc3C(=O)O)sc2C2CC2)cc1. The van der Waals surface area contributed by atoms with Crippen LogP contribution < -0.4 is 11.1 Å². The van der Waals surface area contributed by atoms with Gasteiger partial charge in [-0.1, -0.05) is 12.1 Å². The van der Waals surface area contributed by atoms with E-state index in [-0.39, 0.29) is 5.82 Å². The molecular weight excluding hydrogens is 405 g/mol. The predicted octanol–water partition coefficient (Wildman–Crippen LogP) is 5.13. The number of nitrogens with one attached hydrogen (secondary N) is 1. The maximum atomic E-state index is 12.9. The molecule has 150 valence electrons. The molecule has 1 aromatic carbocycles. The van der Waals surface area contributed by atoms with Crippen LogP contribution in [-0.2, 0) is 6.18 Å². The summed E-state index contributed by atoms with van der Waals surface area (Å²) in [7, 11) is 0. The molecule has 0 bridgehead atoms. The summed E-state index contributed by atoms with van der Waals surface area (Å²) in [5, 5.41) is 12.5. The van der Waals surface area contributed by atoms with Gasteiger partial charge in [0.1, 0.15) is 11.4 Å². The van der Waals surface area contributed by atoms with Gasteiger partial charge in [0.2, 0.25) is 0 Å². The van der Waals surface area contributed by atoms with Gasteiger partial charge < -0.3 is 16.2 Å². The topological polar surface area (TPSA) is 101 Å². The van der Waals surface area contributed by atoms with Crippen LogP contribution in [0.3, 0.4) is 0 Å². The molecule has 2 aromatic heterocycles. The second kappa shape index (κ2) is 7.03. The van der Waals surface area contributed by atoms with Crippen LogP contribution in [0.1, 0.15) is 39.6 Å². The Hall–Kier alpha value is -3.14. The van der Waals surface area contributed by atoms with Crippen molar-refractivity contribution in [1.82, 2.24) is 9.97 Å². The number of alkyl halides is 3. The Morgan fingerprint density at radius 2 is 1.93 bits per heavy atom. The normalized spacial score (nSPS) is 14.0. The van der Waals surface area contributed by atoms with E-state index in [2.05, 4.69) is 15.3 Å². The van der Waals surface area contributed by atoms with Crippen molar-refractivity contribution in [2.24, 2.45) is 0 Å². The zero-order valence-corrected chi connectivity index (χ0v) is 15.6. The highest BCUT2D eigenvalue weighted by Crippen LogP contribution is 2.48. The van der Waals surface area contributed by atoms with Crippen LogP contribution in [0.25, 0.3) is 11.3 Å². The van der Waals surface area contributed by atoms with E-state index in [0.29, 0.717) is 29.0 Å². The third-order valence-corrected chi connectivity index (χ3v) is 5.59. The molecule has 2 heterocycles. The van der Waals surface area contributed by atoms with Crippen LogP contribution in [0.15, 0.2) is 36.5 Å². The lowest BCUT2D eigenvalue weighted by molar-refractivity contribution is -0.137. The summed E-state index contributed by atoms with van der Waals surface area (Å²) in [5.74, 6) is -1.33. The number of thiazole rings is 1. The number of aromatic carboxylic acids is 1. The average Bonchev–Trinajstić information content (AvgIpc) is 3.42. The molecule has 0 aliphatic heterocycles. The number of benzene rings is 1. The van der Waals surface area contributed by atoms with E-state index in [0.717, 1.165) is 29.0 Å². The lowest BCUT2D eigenvalue weighted by atomic mass is 10.1. The van der Waals surface area contributed by atoms with E-state index in [1.807, 2.05) is 12.1 Å². The lowest BCUT2D eigenvalue weighted by Crippen LogP contribution is -2.11. The molecule has 1 aliphatic carbocycles. The number of nitrogens with two attached hydrogens (primary N) is 1. The molecule has 6 nitrogen and oxygen atoms in total. The molecule has 1 fully saturated rings. The standard InChI is InChI=1S/C19H15F3N4O2S/c20-19(21,22)11-7-13(17(27)28)16(24-8-11)26-18-25-14(15(29-18)10-1-2-10)9-3-5-12(23)6-4-9/h3-8,10H,1-2,23H2,(H,27,28)(H,24,25,26). The Morgan fingerprint density at radius 1 is 1.24 bits per heavy atom. The van der Waals surface area contributed by atoms with Crippen molar-refractivity contribution in [3.8, 4) is 11.3 Å². The minimum Gasteiger partial charge on any atom is -0.478 e. The van der Waals surface area contributed by atoms with Crippen LogP contribution in [-0.4, -0.2) is 21.0 Å². The van der Waals surface area contributed by atoms with E-state index >= 15 is 0 Å².